The molecule has 96 valence electrons. The van der Waals surface area contributed by atoms with Gasteiger partial charge in [-0.1, -0.05) is 18.2 Å². The minimum Gasteiger partial charge on any atom is -0.389 e. The molecule has 0 saturated heterocycles. The van der Waals surface area contributed by atoms with Gasteiger partial charge in [0.2, 0.25) is 0 Å². The van der Waals surface area contributed by atoms with E-state index in [2.05, 4.69) is 17.4 Å². The van der Waals surface area contributed by atoms with Crippen LogP contribution in [0.5, 0.6) is 0 Å². The van der Waals surface area contributed by atoms with Gasteiger partial charge in [-0.05, 0) is 19.1 Å². The number of aliphatic hydroxyl groups excluding tert-OH is 1. The zero-order valence-electron chi connectivity index (χ0n) is 10.3. The van der Waals surface area contributed by atoms with Gasteiger partial charge in [0.25, 0.3) is 0 Å². The van der Waals surface area contributed by atoms with Gasteiger partial charge in [0, 0.05) is 30.3 Å². The molecule has 0 fully saturated rings. The minimum absolute atomic E-state index is 0.406. The summed E-state index contributed by atoms with van der Waals surface area (Å²) in [5, 5.41) is 12.7. The van der Waals surface area contributed by atoms with Gasteiger partial charge in [0.1, 0.15) is 0 Å². The standard InChI is InChI=1S/C13H21NO2S/c1-2-16-11-12(15)10-14-8-9-17-13-6-4-3-5-7-13/h3-7,12,14-15H,2,8-11H2,1H3. The van der Waals surface area contributed by atoms with E-state index >= 15 is 0 Å². The molecular weight excluding hydrogens is 234 g/mol. The van der Waals surface area contributed by atoms with Crippen molar-refractivity contribution in [2.45, 2.75) is 17.9 Å². The molecule has 1 atom stereocenters. The second-order valence-electron chi connectivity index (χ2n) is 3.68. The SMILES string of the molecule is CCOCC(O)CNCCSc1ccccc1. The van der Waals surface area contributed by atoms with Gasteiger partial charge in [-0.15, -0.1) is 11.8 Å². The van der Waals surface area contributed by atoms with Crippen LogP contribution in [0.15, 0.2) is 35.2 Å². The van der Waals surface area contributed by atoms with Gasteiger partial charge < -0.3 is 15.2 Å². The Labute approximate surface area is 108 Å². The zero-order chi connectivity index (χ0) is 12.3. The van der Waals surface area contributed by atoms with Crippen molar-refractivity contribution in [3.05, 3.63) is 30.3 Å². The molecule has 0 radical (unpaired) electrons. The van der Waals surface area contributed by atoms with Gasteiger partial charge in [0.15, 0.2) is 0 Å². The highest BCUT2D eigenvalue weighted by molar-refractivity contribution is 7.99. The molecule has 0 spiro atoms. The Morgan fingerprint density at radius 2 is 2.12 bits per heavy atom. The maximum absolute atomic E-state index is 9.50. The Hall–Kier alpha value is -0.550. The van der Waals surface area contributed by atoms with E-state index in [0.717, 1.165) is 12.3 Å². The van der Waals surface area contributed by atoms with Crippen molar-refractivity contribution in [3.8, 4) is 0 Å². The fourth-order valence-corrected chi connectivity index (χ4v) is 2.17. The first kappa shape index (κ1) is 14.5. The normalized spacial score (nSPS) is 12.6. The first-order chi connectivity index (χ1) is 8.33. The van der Waals surface area contributed by atoms with Crippen molar-refractivity contribution in [2.75, 3.05) is 32.1 Å². The Kier molecular flexibility index (Phi) is 8.09. The Balaban J connectivity index is 1.97. The molecular formula is C13H21NO2S. The predicted molar refractivity (Wildman–Crippen MR) is 72.5 cm³/mol. The van der Waals surface area contributed by atoms with E-state index in [1.807, 2.05) is 36.9 Å². The number of hydrogen-bond donors (Lipinski definition) is 2. The van der Waals surface area contributed by atoms with E-state index in [4.69, 9.17) is 4.74 Å². The van der Waals surface area contributed by atoms with E-state index in [9.17, 15) is 5.11 Å². The largest absolute Gasteiger partial charge is 0.389 e. The molecule has 0 aliphatic carbocycles. The number of nitrogens with one attached hydrogen (secondary N) is 1. The van der Waals surface area contributed by atoms with Crippen LogP contribution in [0.1, 0.15) is 6.92 Å². The Morgan fingerprint density at radius 1 is 1.35 bits per heavy atom. The summed E-state index contributed by atoms with van der Waals surface area (Å²) in [6.45, 7) is 4.48. The molecule has 0 aliphatic heterocycles. The summed E-state index contributed by atoms with van der Waals surface area (Å²) in [5.74, 6) is 1.01. The third-order valence-corrected chi connectivity index (χ3v) is 3.20. The molecule has 0 bridgehead atoms. The predicted octanol–water partition coefficient (Wildman–Crippen LogP) is 1.77. The summed E-state index contributed by atoms with van der Waals surface area (Å²) in [6, 6.07) is 10.3. The third kappa shape index (κ3) is 7.39. The van der Waals surface area contributed by atoms with Crippen molar-refractivity contribution in [1.29, 1.82) is 0 Å². The van der Waals surface area contributed by atoms with Crippen LogP contribution in [0.25, 0.3) is 0 Å². The zero-order valence-corrected chi connectivity index (χ0v) is 11.1. The molecule has 0 heterocycles. The molecule has 1 unspecified atom stereocenters. The van der Waals surface area contributed by atoms with E-state index in [0.29, 0.717) is 19.8 Å². The Bertz CT molecular complexity index is 282. The fourth-order valence-electron chi connectivity index (χ4n) is 1.34. The summed E-state index contributed by atoms with van der Waals surface area (Å²) in [5.41, 5.74) is 0. The molecule has 0 aliphatic rings. The highest BCUT2D eigenvalue weighted by Gasteiger charge is 2.02. The summed E-state index contributed by atoms with van der Waals surface area (Å²) in [4.78, 5) is 1.28. The quantitative estimate of drug-likeness (QED) is 0.521. The van der Waals surface area contributed by atoms with Crippen LogP contribution in [0.4, 0.5) is 0 Å². The lowest BCUT2D eigenvalue weighted by Crippen LogP contribution is -2.31. The monoisotopic (exact) mass is 255 g/mol. The van der Waals surface area contributed by atoms with Crippen LogP contribution in [0.3, 0.4) is 0 Å². The molecule has 0 amide bonds. The van der Waals surface area contributed by atoms with Crippen LogP contribution >= 0.6 is 11.8 Å². The first-order valence-electron chi connectivity index (χ1n) is 5.97. The number of ether oxygens (including phenoxy) is 1. The second-order valence-corrected chi connectivity index (χ2v) is 4.85. The number of thioether (sulfide) groups is 1. The van der Waals surface area contributed by atoms with Crippen molar-refractivity contribution < 1.29 is 9.84 Å². The van der Waals surface area contributed by atoms with Crippen LogP contribution in [0, 0.1) is 0 Å². The summed E-state index contributed by atoms with van der Waals surface area (Å²) >= 11 is 1.81. The van der Waals surface area contributed by atoms with Gasteiger partial charge in [-0.2, -0.15) is 0 Å². The highest BCUT2D eigenvalue weighted by Crippen LogP contribution is 2.15. The molecule has 4 heteroatoms. The molecule has 2 N–H and O–H groups in total. The highest BCUT2D eigenvalue weighted by atomic mass is 32.2. The minimum atomic E-state index is -0.406. The van der Waals surface area contributed by atoms with Crippen molar-refractivity contribution in [1.82, 2.24) is 5.32 Å². The average molecular weight is 255 g/mol. The number of rotatable bonds is 9. The lowest BCUT2D eigenvalue weighted by atomic mass is 10.4. The average Bonchev–Trinajstić information content (AvgIpc) is 2.37. The maximum Gasteiger partial charge on any atom is 0.0897 e. The second kappa shape index (κ2) is 9.48. The van der Waals surface area contributed by atoms with Crippen molar-refractivity contribution in [2.24, 2.45) is 0 Å². The Morgan fingerprint density at radius 3 is 2.82 bits per heavy atom. The smallest absolute Gasteiger partial charge is 0.0897 e. The van der Waals surface area contributed by atoms with E-state index in [1.54, 1.807) is 0 Å². The number of hydrogen-bond acceptors (Lipinski definition) is 4. The van der Waals surface area contributed by atoms with Crippen LogP contribution in [-0.4, -0.2) is 43.3 Å². The van der Waals surface area contributed by atoms with Crippen molar-refractivity contribution in [3.63, 3.8) is 0 Å². The van der Waals surface area contributed by atoms with E-state index in [-0.39, 0.29) is 0 Å². The van der Waals surface area contributed by atoms with Crippen molar-refractivity contribution >= 4 is 11.8 Å². The molecule has 17 heavy (non-hydrogen) atoms. The van der Waals surface area contributed by atoms with Gasteiger partial charge >= 0.3 is 0 Å². The molecule has 1 aromatic carbocycles. The third-order valence-electron chi connectivity index (χ3n) is 2.19. The number of benzene rings is 1. The van der Waals surface area contributed by atoms with Crippen LogP contribution in [-0.2, 0) is 4.74 Å². The molecule has 0 saturated carbocycles. The van der Waals surface area contributed by atoms with Crippen LogP contribution < -0.4 is 5.32 Å². The molecule has 0 aromatic heterocycles. The van der Waals surface area contributed by atoms with Gasteiger partial charge in [-0.3, -0.25) is 0 Å². The van der Waals surface area contributed by atoms with Gasteiger partial charge in [0.05, 0.1) is 12.7 Å². The van der Waals surface area contributed by atoms with E-state index in [1.165, 1.54) is 4.90 Å². The van der Waals surface area contributed by atoms with Crippen LogP contribution in [0.2, 0.25) is 0 Å². The molecule has 1 aromatic rings. The number of aliphatic hydroxyl groups is 1. The lowest BCUT2D eigenvalue weighted by molar-refractivity contribution is 0.0432. The topological polar surface area (TPSA) is 41.5 Å². The maximum atomic E-state index is 9.50. The first-order valence-corrected chi connectivity index (χ1v) is 6.96. The fraction of sp³-hybridized carbons (Fsp3) is 0.538. The van der Waals surface area contributed by atoms with E-state index < -0.39 is 6.10 Å². The van der Waals surface area contributed by atoms with Gasteiger partial charge in [-0.25, -0.2) is 0 Å². The lowest BCUT2D eigenvalue weighted by Gasteiger charge is -2.11. The summed E-state index contributed by atoms with van der Waals surface area (Å²) in [6.07, 6.45) is -0.406. The molecule has 1 rings (SSSR count). The summed E-state index contributed by atoms with van der Waals surface area (Å²) < 4.78 is 5.13. The molecule has 3 nitrogen and oxygen atoms in total. The summed E-state index contributed by atoms with van der Waals surface area (Å²) in [7, 11) is 0.